The Morgan fingerprint density at radius 1 is 1.48 bits per heavy atom. The van der Waals surface area contributed by atoms with E-state index in [-0.39, 0.29) is 24.5 Å². The Bertz CT molecular complexity index is 864. The fourth-order valence-electron chi connectivity index (χ4n) is 3.81. The van der Waals surface area contributed by atoms with Crippen molar-refractivity contribution < 1.29 is 28.9 Å². The van der Waals surface area contributed by atoms with Crippen LogP contribution in [0, 0.1) is 24.2 Å². The Balaban J connectivity index is 2.03. The van der Waals surface area contributed by atoms with Crippen LogP contribution in [0.1, 0.15) is 45.5 Å². The second kappa shape index (κ2) is 7.80. The fraction of sp³-hybridized carbons (Fsp3) is 0.450. The molecule has 0 bridgehead atoms. The second-order valence-electron chi connectivity index (χ2n) is 6.66. The lowest BCUT2D eigenvalue weighted by molar-refractivity contribution is -0.138. The third kappa shape index (κ3) is 3.53. The van der Waals surface area contributed by atoms with Crippen molar-refractivity contribution >= 4 is 11.9 Å². The van der Waals surface area contributed by atoms with Gasteiger partial charge in [-0.2, -0.15) is 5.26 Å². The molecule has 1 fully saturated rings. The first kappa shape index (κ1) is 18.9. The zero-order valence-electron chi connectivity index (χ0n) is 15.3. The molecular weight excluding hydrogens is 350 g/mol. The molecule has 0 amide bonds. The van der Waals surface area contributed by atoms with Gasteiger partial charge in [-0.05, 0) is 25.3 Å². The summed E-state index contributed by atoms with van der Waals surface area (Å²) >= 11 is 0. The minimum atomic E-state index is -0.872. The lowest BCUT2D eigenvalue weighted by Crippen LogP contribution is -2.23. The minimum Gasteiger partial charge on any atom is -0.496 e. The molecule has 1 aromatic rings. The van der Waals surface area contributed by atoms with Crippen LogP contribution < -0.4 is 4.74 Å². The highest BCUT2D eigenvalue weighted by atomic mass is 16.5. The second-order valence-corrected chi connectivity index (χ2v) is 6.66. The number of hydrogen-bond acceptors (Lipinski definition) is 6. The van der Waals surface area contributed by atoms with Crippen molar-refractivity contribution in [3.8, 4) is 11.8 Å². The molecule has 1 unspecified atom stereocenters. The molecule has 1 N–H and O–H groups in total. The molecule has 0 spiro atoms. The molecule has 142 valence electrons. The van der Waals surface area contributed by atoms with Gasteiger partial charge in [-0.3, -0.25) is 4.79 Å². The van der Waals surface area contributed by atoms with Crippen LogP contribution in [0.15, 0.2) is 11.6 Å². The summed E-state index contributed by atoms with van der Waals surface area (Å²) < 4.78 is 16.1. The number of carboxylic acids is 1. The van der Waals surface area contributed by atoms with Crippen LogP contribution in [0.3, 0.4) is 0 Å². The molecule has 2 heterocycles. The summed E-state index contributed by atoms with van der Waals surface area (Å²) in [6, 6.07) is 2.13. The highest BCUT2D eigenvalue weighted by Gasteiger charge is 2.32. The summed E-state index contributed by atoms with van der Waals surface area (Å²) in [4.78, 5) is 23.2. The van der Waals surface area contributed by atoms with Gasteiger partial charge in [0.1, 0.15) is 18.4 Å². The average molecular weight is 371 g/mol. The van der Waals surface area contributed by atoms with Gasteiger partial charge in [-0.15, -0.1) is 0 Å². The lowest BCUT2D eigenvalue weighted by atomic mass is 9.87. The molecule has 0 aromatic heterocycles. The van der Waals surface area contributed by atoms with Crippen molar-refractivity contribution in [3.05, 3.63) is 39.5 Å². The molecule has 0 saturated carbocycles. The van der Waals surface area contributed by atoms with E-state index in [1.807, 2.05) is 13.0 Å². The number of hydrogen-bond donors (Lipinski definition) is 1. The number of carbonyl (C=O) groups is 2. The molecular formula is C20H21NO6. The fourth-order valence-corrected chi connectivity index (χ4v) is 3.81. The SMILES string of the molecule is COc1c(C)c2c(c(C#N)c1C/C=C1\CCOCC1CC(=O)O)C(=O)OC2. The number of allylic oxidation sites excluding steroid dienone is 1. The van der Waals surface area contributed by atoms with Crippen LogP contribution >= 0.6 is 0 Å². The number of nitrogens with zero attached hydrogens (tertiary/aromatic N) is 1. The largest absolute Gasteiger partial charge is 0.496 e. The van der Waals surface area contributed by atoms with Crippen molar-refractivity contribution in [1.29, 1.82) is 5.26 Å². The first-order chi connectivity index (χ1) is 13.0. The molecule has 3 rings (SSSR count). The molecule has 1 atom stereocenters. The maximum Gasteiger partial charge on any atom is 0.340 e. The number of ether oxygens (including phenoxy) is 3. The number of carbonyl (C=O) groups excluding carboxylic acids is 1. The van der Waals surface area contributed by atoms with Crippen LogP contribution in [0.5, 0.6) is 5.75 Å². The average Bonchev–Trinajstić information content (AvgIpc) is 3.03. The summed E-state index contributed by atoms with van der Waals surface area (Å²) in [6.45, 7) is 2.90. The van der Waals surface area contributed by atoms with E-state index in [0.717, 1.165) is 11.1 Å². The standard InChI is InChI=1S/C20H21NO6/c1-11-16-10-27-20(24)18(16)15(8-21)14(19(11)25-2)4-3-12-5-6-26-9-13(12)7-17(22)23/h3,13H,4-7,9-10H2,1-2H3,(H,22,23)/b12-3+. The Labute approximate surface area is 157 Å². The number of rotatable bonds is 5. The van der Waals surface area contributed by atoms with Crippen molar-refractivity contribution in [1.82, 2.24) is 0 Å². The maximum absolute atomic E-state index is 12.1. The van der Waals surface area contributed by atoms with Crippen LogP contribution in [0.4, 0.5) is 0 Å². The first-order valence-electron chi connectivity index (χ1n) is 8.75. The number of fused-ring (bicyclic) bond motifs is 1. The first-order valence-corrected chi connectivity index (χ1v) is 8.75. The van der Waals surface area contributed by atoms with Gasteiger partial charge in [0.15, 0.2) is 0 Å². The molecule has 7 nitrogen and oxygen atoms in total. The number of aliphatic carboxylic acids is 1. The van der Waals surface area contributed by atoms with E-state index in [2.05, 4.69) is 6.07 Å². The van der Waals surface area contributed by atoms with Gasteiger partial charge in [-0.1, -0.05) is 11.6 Å². The van der Waals surface area contributed by atoms with E-state index in [1.54, 1.807) is 0 Å². The maximum atomic E-state index is 12.1. The third-order valence-corrected chi connectivity index (χ3v) is 5.16. The number of methoxy groups -OCH3 is 1. The summed E-state index contributed by atoms with van der Waals surface area (Å²) in [5.74, 6) is -0.977. The minimum absolute atomic E-state index is 0.00359. The highest BCUT2D eigenvalue weighted by molar-refractivity contribution is 5.97. The van der Waals surface area contributed by atoms with Gasteiger partial charge in [0.05, 0.1) is 37.9 Å². The van der Waals surface area contributed by atoms with Crippen molar-refractivity contribution in [3.63, 3.8) is 0 Å². The molecule has 1 saturated heterocycles. The molecule has 7 heteroatoms. The van der Waals surface area contributed by atoms with Gasteiger partial charge < -0.3 is 19.3 Å². The normalized spacial score (nSPS) is 20.1. The molecule has 0 radical (unpaired) electrons. The molecule has 0 aliphatic carbocycles. The van der Waals surface area contributed by atoms with Crippen molar-refractivity contribution in [2.24, 2.45) is 5.92 Å². The van der Waals surface area contributed by atoms with Gasteiger partial charge in [0.25, 0.3) is 0 Å². The van der Waals surface area contributed by atoms with E-state index in [0.29, 0.717) is 48.5 Å². The predicted octanol–water partition coefficient (Wildman–Crippen LogP) is 2.53. The van der Waals surface area contributed by atoms with E-state index >= 15 is 0 Å². The summed E-state index contributed by atoms with van der Waals surface area (Å²) in [5, 5.41) is 18.8. The Morgan fingerprint density at radius 2 is 2.26 bits per heavy atom. The Morgan fingerprint density at radius 3 is 2.93 bits per heavy atom. The lowest BCUT2D eigenvalue weighted by Gasteiger charge is -2.25. The Hall–Kier alpha value is -2.85. The number of carboxylic acid groups (broad SMARTS) is 1. The smallest absolute Gasteiger partial charge is 0.340 e. The monoisotopic (exact) mass is 371 g/mol. The Kier molecular flexibility index (Phi) is 5.47. The van der Waals surface area contributed by atoms with E-state index in [1.165, 1.54) is 7.11 Å². The van der Waals surface area contributed by atoms with Gasteiger partial charge in [-0.25, -0.2) is 4.79 Å². The van der Waals surface area contributed by atoms with Crippen LogP contribution in [-0.2, 0) is 27.3 Å². The van der Waals surface area contributed by atoms with Gasteiger partial charge in [0.2, 0.25) is 0 Å². The summed E-state index contributed by atoms with van der Waals surface area (Å²) in [5.41, 5.74) is 3.70. The number of benzene rings is 1. The predicted molar refractivity (Wildman–Crippen MR) is 94.5 cm³/mol. The topological polar surface area (TPSA) is 106 Å². The number of esters is 1. The quantitative estimate of drug-likeness (QED) is 0.626. The molecule has 1 aromatic carbocycles. The van der Waals surface area contributed by atoms with E-state index in [9.17, 15) is 14.9 Å². The molecule has 27 heavy (non-hydrogen) atoms. The van der Waals surface area contributed by atoms with Gasteiger partial charge >= 0.3 is 11.9 Å². The van der Waals surface area contributed by atoms with Crippen molar-refractivity contribution in [2.45, 2.75) is 32.8 Å². The zero-order valence-corrected chi connectivity index (χ0v) is 15.3. The number of nitriles is 1. The number of cyclic esters (lactones) is 1. The molecule has 2 aliphatic rings. The highest BCUT2D eigenvalue weighted by Crippen LogP contribution is 2.38. The molecule has 2 aliphatic heterocycles. The zero-order chi connectivity index (χ0) is 19.6. The van der Waals surface area contributed by atoms with Crippen LogP contribution in [0.2, 0.25) is 0 Å². The summed E-state index contributed by atoms with van der Waals surface area (Å²) in [6.07, 6.45) is 2.97. The van der Waals surface area contributed by atoms with Crippen LogP contribution in [-0.4, -0.2) is 37.4 Å². The van der Waals surface area contributed by atoms with Crippen molar-refractivity contribution in [2.75, 3.05) is 20.3 Å². The summed E-state index contributed by atoms with van der Waals surface area (Å²) in [7, 11) is 1.53. The third-order valence-electron chi connectivity index (χ3n) is 5.16. The van der Waals surface area contributed by atoms with E-state index in [4.69, 9.17) is 19.3 Å². The van der Waals surface area contributed by atoms with Crippen LogP contribution in [0.25, 0.3) is 0 Å². The van der Waals surface area contributed by atoms with E-state index < -0.39 is 11.9 Å². The van der Waals surface area contributed by atoms with Gasteiger partial charge in [0, 0.05) is 17.0 Å².